The summed E-state index contributed by atoms with van der Waals surface area (Å²) >= 11 is 0. The molecular weight excluding hydrogens is 178 g/mol. The zero-order valence-electron chi connectivity index (χ0n) is 7.54. The highest BCUT2D eigenvalue weighted by Crippen LogP contribution is 2.20. The van der Waals surface area contributed by atoms with Gasteiger partial charge in [0.05, 0.1) is 5.41 Å². The molecule has 1 aliphatic rings. The fourth-order valence-electron chi connectivity index (χ4n) is 1.17. The summed E-state index contributed by atoms with van der Waals surface area (Å²) in [5, 5.41) is 8.78. The molecule has 0 spiro atoms. The van der Waals surface area contributed by atoms with Crippen molar-refractivity contribution in [3.05, 3.63) is 0 Å². The lowest BCUT2D eigenvalue weighted by molar-refractivity contribution is -0.148. The molecule has 0 aromatic carbocycles. The fourth-order valence-corrected chi connectivity index (χ4v) is 1.17. The summed E-state index contributed by atoms with van der Waals surface area (Å²) in [6.07, 6.45) is 1.22. The van der Waals surface area contributed by atoms with Crippen molar-refractivity contribution in [2.24, 2.45) is 5.41 Å². The summed E-state index contributed by atoms with van der Waals surface area (Å²) in [5.41, 5.74) is -0.583. The van der Waals surface area contributed by atoms with Crippen molar-refractivity contribution in [3.63, 3.8) is 0 Å². The molecule has 1 fully saturated rings. The van der Waals surface area contributed by atoms with Crippen LogP contribution in [0.15, 0.2) is 0 Å². The number of rotatable bonds is 3. The van der Waals surface area contributed by atoms with Gasteiger partial charge >= 0.3 is 5.97 Å². The van der Waals surface area contributed by atoms with Crippen LogP contribution in [0, 0.1) is 5.41 Å². The molecule has 0 aliphatic carbocycles. The van der Waals surface area contributed by atoms with Gasteiger partial charge in [0.2, 0.25) is 0 Å². The van der Waals surface area contributed by atoms with Crippen LogP contribution in [0.25, 0.3) is 0 Å². The van der Waals surface area contributed by atoms with E-state index in [0.717, 1.165) is 13.1 Å². The lowest BCUT2D eigenvalue weighted by Crippen LogP contribution is -2.45. The topological polar surface area (TPSA) is 40.5 Å². The number of carboxylic acid groups (broad SMARTS) is 1. The van der Waals surface area contributed by atoms with Crippen molar-refractivity contribution in [1.29, 1.82) is 0 Å². The van der Waals surface area contributed by atoms with Crippen LogP contribution in [0.4, 0.5) is 0 Å². The fraction of sp³-hybridized carbons (Fsp3) is 0.875. The van der Waals surface area contributed by atoms with E-state index in [-0.39, 0.29) is 12.4 Å². The molecule has 1 saturated heterocycles. The lowest BCUT2D eigenvalue weighted by atomic mass is 9.92. The number of hydrogen-bond donors (Lipinski definition) is 1. The van der Waals surface area contributed by atoms with E-state index >= 15 is 0 Å². The van der Waals surface area contributed by atoms with Crippen LogP contribution < -0.4 is 0 Å². The molecule has 0 unspecified atom stereocenters. The van der Waals surface area contributed by atoms with Gasteiger partial charge in [0.15, 0.2) is 0 Å². The maximum Gasteiger partial charge on any atom is 0.310 e. The Morgan fingerprint density at radius 3 is 2.25 bits per heavy atom. The van der Waals surface area contributed by atoms with E-state index in [1.807, 2.05) is 0 Å². The molecule has 0 radical (unpaired) electrons. The first-order valence-electron chi connectivity index (χ1n) is 3.98. The van der Waals surface area contributed by atoms with Crippen molar-refractivity contribution in [3.8, 4) is 0 Å². The molecule has 4 heteroatoms. The smallest absolute Gasteiger partial charge is 0.310 e. The molecule has 1 heterocycles. The number of likely N-dealkylation sites (tertiary alicyclic amines) is 1. The second-order valence-corrected chi connectivity index (χ2v) is 3.82. The van der Waals surface area contributed by atoms with Gasteiger partial charge in [-0.15, -0.1) is 12.4 Å². The van der Waals surface area contributed by atoms with Gasteiger partial charge in [0.1, 0.15) is 0 Å². The highest BCUT2D eigenvalue weighted by atomic mass is 35.5. The third kappa shape index (κ3) is 2.64. The van der Waals surface area contributed by atoms with E-state index < -0.39 is 11.4 Å². The summed E-state index contributed by atoms with van der Waals surface area (Å²) < 4.78 is 0. The predicted octanol–water partition coefficient (Wildman–Crippen LogP) is 1.22. The van der Waals surface area contributed by atoms with E-state index in [2.05, 4.69) is 4.90 Å². The third-order valence-electron chi connectivity index (χ3n) is 2.15. The zero-order chi connectivity index (χ0) is 8.48. The minimum absolute atomic E-state index is 0. The van der Waals surface area contributed by atoms with Crippen molar-refractivity contribution >= 4 is 18.4 Å². The first kappa shape index (κ1) is 11.7. The van der Waals surface area contributed by atoms with E-state index in [1.165, 1.54) is 6.42 Å². The summed E-state index contributed by atoms with van der Waals surface area (Å²) in [6, 6.07) is 0. The first-order chi connectivity index (χ1) is 5.02. The Bertz CT molecular complexity index is 166. The maximum absolute atomic E-state index is 10.7. The molecule has 0 bridgehead atoms. The van der Waals surface area contributed by atoms with Gasteiger partial charge in [-0.05, 0) is 33.4 Å². The third-order valence-corrected chi connectivity index (χ3v) is 2.15. The number of halogens is 1. The van der Waals surface area contributed by atoms with Gasteiger partial charge in [-0.1, -0.05) is 0 Å². The number of aliphatic carboxylic acids is 1. The number of hydrogen-bond acceptors (Lipinski definition) is 2. The van der Waals surface area contributed by atoms with Crippen LogP contribution in [0.2, 0.25) is 0 Å². The van der Waals surface area contributed by atoms with Crippen molar-refractivity contribution in [2.75, 3.05) is 19.6 Å². The molecule has 72 valence electrons. The molecule has 0 aromatic rings. The minimum Gasteiger partial charge on any atom is -0.481 e. The van der Waals surface area contributed by atoms with E-state index in [1.54, 1.807) is 13.8 Å². The average molecular weight is 194 g/mol. The summed E-state index contributed by atoms with van der Waals surface area (Å²) in [6.45, 7) is 6.36. The Labute approximate surface area is 79.2 Å². The molecule has 0 saturated carbocycles. The molecule has 0 atom stereocenters. The van der Waals surface area contributed by atoms with Gasteiger partial charge in [0.25, 0.3) is 0 Å². The largest absolute Gasteiger partial charge is 0.481 e. The van der Waals surface area contributed by atoms with Gasteiger partial charge in [-0.2, -0.15) is 0 Å². The standard InChI is InChI=1S/C8H15NO2.ClH/c1-8(2,7(10)11)6-9-4-3-5-9;/h3-6H2,1-2H3,(H,10,11);1H. The minimum atomic E-state index is -0.704. The van der Waals surface area contributed by atoms with Crippen molar-refractivity contribution in [2.45, 2.75) is 20.3 Å². The van der Waals surface area contributed by atoms with Crippen LogP contribution in [0.3, 0.4) is 0 Å². The van der Waals surface area contributed by atoms with Crippen LogP contribution in [0.1, 0.15) is 20.3 Å². The SMILES string of the molecule is CC(C)(CN1CCC1)C(=O)O.Cl. The Morgan fingerprint density at radius 1 is 1.50 bits per heavy atom. The Balaban J connectivity index is 0.00000121. The number of carbonyl (C=O) groups is 1. The second-order valence-electron chi connectivity index (χ2n) is 3.82. The first-order valence-corrected chi connectivity index (χ1v) is 3.98. The number of nitrogens with zero attached hydrogens (tertiary/aromatic N) is 1. The highest BCUT2D eigenvalue weighted by molar-refractivity contribution is 5.85. The van der Waals surface area contributed by atoms with Gasteiger partial charge in [0, 0.05) is 6.54 Å². The molecule has 3 nitrogen and oxygen atoms in total. The lowest BCUT2D eigenvalue weighted by Gasteiger charge is -2.35. The zero-order valence-corrected chi connectivity index (χ0v) is 8.36. The van der Waals surface area contributed by atoms with E-state index in [9.17, 15) is 4.79 Å². The van der Waals surface area contributed by atoms with Crippen LogP contribution in [-0.4, -0.2) is 35.6 Å². The molecule has 1 N–H and O–H groups in total. The van der Waals surface area contributed by atoms with Crippen molar-refractivity contribution in [1.82, 2.24) is 4.90 Å². The molecule has 1 rings (SSSR count). The molecule has 1 aliphatic heterocycles. The Hall–Kier alpha value is -0.280. The monoisotopic (exact) mass is 193 g/mol. The highest BCUT2D eigenvalue weighted by Gasteiger charge is 2.31. The Morgan fingerprint density at radius 2 is 2.00 bits per heavy atom. The number of carboxylic acids is 1. The quantitative estimate of drug-likeness (QED) is 0.733. The summed E-state index contributed by atoms with van der Waals surface area (Å²) in [4.78, 5) is 12.8. The average Bonchev–Trinajstić information content (AvgIpc) is 1.79. The normalized spacial score (nSPS) is 17.8. The molecule has 0 amide bonds. The Kier molecular flexibility index (Phi) is 4.00. The van der Waals surface area contributed by atoms with E-state index in [0.29, 0.717) is 6.54 Å². The maximum atomic E-state index is 10.7. The van der Waals surface area contributed by atoms with Crippen molar-refractivity contribution < 1.29 is 9.90 Å². The van der Waals surface area contributed by atoms with E-state index in [4.69, 9.17) is 5.11 Å². The molecular formula is C8H16ClNO2. The molecule has 0 aromatic heterocycles. The van der Waals surface area contributed by atoms with Gasteiger partial charge < -0.3 is 10.0 Å². The van der Waals surface area contributed by atoms with Crippen LogP contribution >= 0.6 is 12.4 Å². The van der Waals surface area contributed by atoms with Gasteiger partial charge in [-0.25, -0.2) is 0 Å². The predicted molar refractivity (Wildman–Crippen MR) is 49.7 cm³/mol. The summed E-state index contributed by atoms with van der Waals surface area (Å²) in [5.74, 6) is -0.704. The van der Waals surface area contributed by atoms with Gasteiger partial charge in [-0.3, -0.25) is 4.79 Å². The molecule has 12 heavy (non-hydrogen) atoms. The second kappa shape index (κ2) is 4.10. The summed E-state index contributed by atoms with van der Waals surface area (Å²) in [7, 11) is 0. The van der Waals surface area contributed by atoms with Crippen LogP contribution in [-0.2, 0) is 4.79 Å². The van der Waals surface area contributed by atoms with Crippen LogP contribution in [0.5, 0.6) is 0 Å².